The molecule has 2 aromatic heterocycles. The van der Waals surface area contributed by atoms with Crippen LogP contribution in [0.5, 0.6) is 0 Å². The number of carbonyl (C=O) groups excluding carboxylic acids is 2. The molecule has 1 saturated heterocycles. The first-order valence-corrected chi connectivity index (χ1v) is 20.6. The zero-order valence-corrected chi connectivity index (χ0v) is 34.1. The summed E-state index contributed by atoms with van der Waals surface area (Å²) in [4.78, 5) is 61.6. The molecule has 1 aliphatic heterocycles. The van der Waals surface area contributed by atoms with Gasteiger partial charge >= 0.3 is 33.6 Å². The van der Waals surface area contributed by atoms with E-state index in [0.717, 1.165) is 21.4 Å². The normalized spacial score (nSPS) is 21.7. The number of para-hydroxylation sites is 1. The first kappa shape index (κ1) is 45.7. The summed E-state index contributed by atoms with van der Waals surface area (Å²) in [5.41, 5.74) is -1.03. The van der Waals surface area contributed by atoms with Crippen molar-refractivity contribution in [3.8, 4) is 0 Å². The summed E-state index contributed by atoms with van der Waals surface area (Å²) in [6.07, 6.45) is -13.4. The van der Waals surface area contributed by atoms with Gasteiger partial charge in [-0.05, 0) is 39.8 Å². The Labute approximate surface area is 325 Å². The third-order valence-electron chi connectivity index (χ3n) is 7.72. The van der Waals surface area contributed by atoms with Gasteiger partial charge in [0.25, 0.3) is 5.56 Å². The molecule has 3 N–H and O–H groups in total. The fourth-order valence-corrected chi connectivity index (χ4v) is 7.97. The summed E-state index contributed by atoms with van der Waals surface area (Å²) >= 11 is 0. The molecule has 3 aromatic rings. The van der Waals surface area contributed by atoms with Gasteiger partial charge in [-0.1, -0.05) is 45.0 Å². The third kappa shape index (κ3) is 12.3. The monoisotopic (exact) mass is 851 g/mol. The number of phosphoric ester groups is 2. The van der Waals surface area contributed by atoms with Crippen molar-refractivity contribution >= 4 is 38.9 Å². The number of aliphatic hydroxyl groups is 2. The minimum absolute atomic E-state index is 0.259. The van der Waals surface area contributed by atoms with Crippen LogP contribution in [0.15, 0.2) is 50.6 Å². The lowest BCUT2D eigenvalue weighted by Gasteiger charge is -2.30. The van der Waals surface area contributed by atoms with Crippen LogP contribution in [0.2, 0.25) is 0 Å². The number of phosphoric acid groups is 2. The van der Waals surface area contributed by atoms with E-state index < -0.39 is 107 Å². The van der Waals surface area contributed by atoms with Crippen LogP contribution in [-0.4, -0.2) is 91.4 Å². The summed E-state index contributed by atoms with van der Waals surface area (Å²) < 4.78 is 80.7. The number of benzene rings is 1. The Morgan fingerprint density at radius 2 is 1.40 bits per heavy atom. The van der Waals surface area contributed by atoms with E-state index in [0.29, 0.717) is 11.0 Å². The summed E-state index contributed by atoms with van der Waals surface area (Å²) in [6.45, 7) is 10.5. The van der Waals surface area contributed by atoms with E-state index in [1.165, 1.54) is 55.4 Å². The Bertz CT molecular complexity index is 2020. The number of ether oxygens (including phenoxy) is 5. The molecule has 1 aliphatic rings. The Hall–Kier alpha value is -3.95. The first-order chi connectivity index (χ1) is 26.6. The number of aliphatic hydroxyl groups excluding tert-OH is 2. The lowest BCUT2D eigenvalue weighted by molar-refractivity contribution is -0.135. The summed E-state index contributed by atoms with van der Waals surface area (Å²) in [5, 5.41) is 26.2. The predicted molar refractivity (Wildman–Crippen MR) is 193 cm³/mol. The van der Waals surface area contributed by atoms with Crippen LogP contribution in [0.25, 0.3) is 11.0 Å². The van der Waals surface area contributed by atoms with Crippen LogP contribution < -0.4 is 11.2 Å². The van der Waals surface area contributed by atoms with Crippen LogP contribution in [0, 0.1) is 11.8 Å². The molecule has 318 valence electrons. The molecule has 0 bridgehead atoms. The second kappa shape index (κ2) is 19.2. The third-order valence-corrected chi connectivity index (χ3v) is 10.7. The molecule has 0 spiro atoms. The number of fused-ring (bicyclic) bond motifs is 1. The number of hydrogen-bond donors (Lipinski definition) is 3. The highest BCUT2D eigenvalue weighted by atomic mass is 31.3. The summed E-state index contributed by atoms with van der Waals surface area (Å²) in [7, 11) is -11.1. The second-order valence-corrected chi connectivity index (χ2v) is 17.1. The highest BCUT2D eigenvalue weighted by Gasteiger charge is 2.49. The predicted octanol–water partition coefficient (Wildman–Crippen LogP) is 4.18. The molecule has 22 nitrogen and oxygen atoms in total. The molecule has 4 unspecified atom stereocenters. The van der Waals surface area contributed by atoms with Crippen molar-refractivity contribution in [2.75, 3.05) is 6.61 Å². The molecule has 0 amide bonds. The Morgan fingerprint density at radius 1 is 0.842 bits per heavy atom. The lowest BCUT2D eigenvalue weighted by Crippen LogP contribution is -2.43. The topological polar surface area (TPSA) is 282 Å². The van der Waals surface area contributed by atoms with E-state index in [9.17, 15) is 43.4 Å². The smallest absolute Gasteiger partial charge is 0.432 e. The van der Waals surface area contributed by atoms with Crippen LogP contribution >= 0.6 is 15.6 Å². The summed E-state index contributed by atoms with van der Waals surface area (Å²) in [5.74, 6) is -1.64. The minimum atomic E-state index is -5.63. The number of hydrogen-bond acceptors (Lipinski definition) is 19. The van der Waals surface area contributed by atoms with Crippen molar-refractivity contribution in [2.45, 2.75) is 111 Å². The zero-order valence-electron chi connectivity index (χ0n) is 32.3. The fraction of sp³-hybridized carbons (Fsp3) is 0.606. The number of carbonyl (C=O) groups is 2. The van der Waals surface area contributed by atoms with Gasteiger partial charge in [0.15, 0.2) is 11.8 Å². The lowest BCUT2D eigenvalue weighted by atomic mass is 10.1. The molecule has 24 heteroatoms. The van der Waals surface area contributed by atoms with E-state index in [1.54, 1.807) is 24.3 Å². The second-order valence-electron chi connectivity index (χ2n) is 13.9. The Morgan fingerprint density at radius 3 is 1.95 bits per heavy atom. The van der Waals surface area contributed by atoms with Gasteiger partial charge in [-0.3, -0.25) is 18.5 Å². The Balaban J connectivity index is 1.54. The van der Waals surface area contributed by atoms with Crippen molar-refractivity contribution in [2.24, 2.45) is 11.8 Å². The molecule has 0 aliphatic carbocycles. The summed E-state index contributed by atoms with van der Waals surface area (Å²) in [6, 6.07) is 7.76. The van der Waals surface area contributed by atoms with E-state index >= 15 is 0 Å². The molecule has 7 atom stereocenters. The average Bonchev–Trinajstić information content (AvgIpc) is 3.63. The van der Waals surface area contributed by atoms with Gasteiger partial charge in [0.2, 0.25) is 12.6 Å². The van der Waals surface area contributed by atoms with Crippen molar-refractivity contribution in [1.82, 2.24) is 14.3 Å². The number of nitrogens with zero attached hydrogens (tertiary/aromatic N) is 3. The molecule has 1 aromatic carbocycles. The van der Waals surface area contributed by atoms with Gasteiger partial charge in [0.1, 0.15) is 24.0 Å². The standard InChI is InChI=1S/C33H47N3O19P2/c1-17(2)29(50-32(41)47-19(5)6)53-57(45,54-30(18(3)4)51-33(42)48-20(7)8)55-56(43,44)46-16-24-26(38)27(39)28(49-24)35-14-13-25(37)36(31(35)40)15-22-21-11-9-10-12-23(21)52-34-22/h9-14,17-20,24,26-30,38-39H,15-16H2,1-8H3,(H,43,44)/t24-,26?,27+,28-,29?,30?,57?/m1/s1. The highest BCUT2D eigenvalue weighted by molar-refractivity contribution is 7.61. The van der Waals surface area contributed by atoms with Crippen molar-refractivity contribution in [3.63, 3.8) is 0 Å². The van der Waals surface area contributed by atoms with Crippen molar-refractivity contribution in [3.05, 3.63) is 63.1 Å². The van der Waals surface area contributed by atoms with Gasteiger partial charge in [0, 0.05) is 29.5 Å². The largest absolute Gasteiger partial charge is 0.510 e. The van der Waals surface area contributed by atoms with Crippen LogP contribution in [0.1, 0.15) is 67.3 Å². The van der Waals surface area contributed by atoms with Gasteiger partial charge in [-0.25, -0.2) is 32.6 Å². The molecule has 4 rings (SSSR count). The van der Waals surface area contributed by atoms with Gasteiger partial charge in [0.05, 0.1) is 25.4 Å². The minimum Gasteiger partial charge on any atom is -0.432 e. The highest BCUT2D eigenvalue weighted by Crippen LogP contribution is 2.65. The molecular weight excluding hydrogens is 804 g/mol. The maximum Gasteiger partial charge on any atom is 0.510 e. The Kier molecular flexibility index (Phi) is 15.4. The molecular formula is C33H47N3O19P2. The fourth-order valence-electron chi connectivity index (χ4n) is 4.99. The van der Waals surface area contributed by atoms with Crippen LogP contribution in [0.3, 0.4) is 0 Å². The van der Waals surface area contributed by atoms with E-state index in [-0.39, 0.29) is 12.2 Å². The van der Waals surface area contributed by atoms with E-state index in [1.807, 2.05) is 0 Å². The van der Waals surface area contributed by atoms with Crippen LogP contribution in [-0.2, 0) is 57.2 Å². The molecule has 0 radical (unpaired) electrons. The number of aromatic nitrogens is 3. The number of rotatable bonds is 18. The molecule has 0 saturated carbocycles. The van der Waals surface area contributed by atoms with Gasteiger partial charge < -0.3 is 43.3 Å². The van der Waals surface area contributed by atoms with E-state index in [2.05, 4.69) is 5.16 Å². The van der Waals surface area contributed by atoms with E-state index in [4.69, 9.17) is 46.1 Å². The maximum absolute atomic E-state index is 14.2. The first-order valence-electron chi connectivity index (χ1n) is 17.7. The average molecular weight is 852 g/mol. The maximum atomic E-state index is 14.2. The van der Waals surface area contributed by atoms with Crippen LogP contribution in [0.4, 0.5) is 9.59 Å². The van der Waals surface area contributed by atoms with Gasteiger partial charge in [-0.2, -0.15) is 4.31 Å². The SMILES string of the molecule is CC(C)OC(=O)OC(OP(=O)(OC(OC(=O)OC(C)C)C(C)C)OP(=O)(O)OC[C@H]1O[C@@H](n2ccc(=O)n(Cc3noc4ccccc34)c2=O)[C@@H](O)C1O)C(C)C. The molecule has 57 heavy (non-hydrogen) atoms. The van der Waals surface area contributed by atoms with Crippen molar-refractivity contribution in [1.29, 1.82) is 0 Å². The van der Waals surface area contributed by atoms with Crippen molar-refractivity contribution < 1.29 is 79.9 Å². The quantitative estimate of drug-likeness (QED) is 0.0919. The zero-order chi connectivity index (χ0) is 42.4. The van der Waals surface area contributed by atoms with Gasteiger partial charge in [-0.15, -0.1) is 0 Å². The molecule has 1 fully saturated rings. The molecule has 3 heterocycles.